The van der Waals surface area contributed by atoms with E-state index in [-0.39, 0.29) is 12.5 Å². The zero-order valence-corrected chi connectivity index (χ0v) is 10.4. The summed E-state index contributed by atoms with van der Waals surface area (Å²) in [5.41, 5.74) is 0.640. The highest BCUT2D eigenvalue weighted by Crippen LogP contribution is 2.23. The van der Waals surface area contributed by atoms with Crippen LogP contribution in [0.4, 0.5) is 10.1 Å². The number of anilines is 1. The second-order valence-corrected chi connectivity index (χ2v) is 4.37. The monoisotopic (exact) mass is 252 g/mol. The number of hydrogen-bond donors (Lipinski definition) is 1. The molecule has 1 aliphatic rings. The van der Waals surface area contributed by atoms with E-state index in [9.17, 15) is 9.18 Å². The van der Waals surface area contributed by atoms with Crippen LogP contribution in [0.3, 0.4) is 0 Å². The average molecular weight is 252 g/mol. The van der Waals surface area contributed by atoms with Gasteiger partial charge in [0.05, 0.1) is 19.3 Å². The number of nitrogens with one attached hydrogen (secondary N) is 1. The number of carbonyl (C=O) groups excluding carboxylic acids is 1. The van der Waals surface area contributed by atoms with Crippen molar-refractivity contribution in [3.63, 3.8) is 0 Å². The van der Waals surface area contributed by atoms with Crippen LogP contribution in [0.1, 0.15) is 6.42 Å². The molecule has 0 aromatic heterocycles. The molecule has 1 unspecified atom stereocenters. The maximum absolute atomic E-state index is 13.0. The Morgan fingerprint density at radius 1 is 1.56 bits per heavy atom. The third kappa shape index (κ3) is 3.20. The van der Waals surface area contributed by atoms with Crippen molar-refractivity contribution < 1.29 is 13.9 Å². The van der Waals surface area contributed by atoms with Gasteiger partial charge in [0.15, 0.2) is 0 Å². The van der Waals surface area contributed by atoms with E-state index < -0.39 is 6.17 Å². The van der Waals surface area contributed by atoms with Gasteiger partial charge in [-0.25, -0.2) is 4.39 Å². The largest absolute Gasteiger partial charge is 0.495 e. The van der Waals surface area contributed by atoms with Crippen LogP contribution in [0.2, 0.25) is 0 Å². The molecule has 18 heavy (non-hydrogen) atoms. The van der Waals surface area contributed by atoms with E-state index >= 15 is 0 Å². The Bertz CT molecular complexity index is 425. The number of nitrogens with zero attached hydrogens (tertiary/aromatic N) is 1. The van der Waals surface area contributed by atoms with Gasteiger partial charge in [0, 0.05) is 13.1 Å². The Balaban J connectivity index is 1.91. The molecule has 5 heteroatoms. The minimum atomic E-state index is -0.802. The van der Waals surface area contributed by atoms with Crippen LogP contribution in [0.25, 0.3) is 0 Å². The van der Waals surface area contributed by atoms with E-state index in [4.69, 9.17) is 4.74 Å². The first-order chi connectivity index (χ1) is 8.69. The van der Waals surface area contributed by atoms with Crippen molar-refractivity contribution in [2.45, 2.75) is 12.6 Å². The van der Waals surface area contributed by atoms with Crippen LogP contribution >= 0.6 is 0 Å². The summed E-state index contributed by atoms with van der Waals surface area (Å²) in [6, 6.07) is 7.22. The molecule has 4 nitrogen and oxygen atoms in total. The molecule has 1 atom stereocenters. The molecule has 0 saturated carbocycles. The molecule has 1 heterocycles. The fourth-order valence-corrected chi connectivity index (χ4v) is 2.07. The molecule has 1 fully saturated rings. The van der Waals surface area contributed by atoms with Crippen LogP contribution in [0.5, 0.6) is 5.75 Å². The average Bonchev–Trinajstić information content (AvgIpc) is 2.75. The summed E-state index contributed by atoms with van der Waals surface area (Å²) in [6.07, 6.45) is -0.286. The maximum atomic E-state index is 13.0. The molecule has 98 valence electrons. The predicted molar refractivity (Wildman–Crippen MR) is 67.6 cm³/mol. The minimum Gasteiger partial charge on any atom is -0.495 e. The first-order valence-electron chi connectivity index (χ1n) is 5.98. The molecule has 1 aliphatic heterocycles. The van der Waals surface area contributed by atoms with Gasteiger partial charge in [0.25, 0.3) is 0 Å². The van der Waals surface area contributed by atoms with Crippen molar-refractivity contribution in [2.24, 2.45) is 0 Å². The van der Waals surface area contributed by atoms with E-state index in [1.54, 1.807) is 19.2 Å². The second kappa shape index (κ2) is 5.82. The van der Waals surface area contributed by atoms with Crippen LogP contribution < -0.4 is 10.1 Å². The highest BCUT2D eigenvalue weighted by molar-refractivity contribution is 5.93. The number of amides is 1. The van der Waals surface area contributed by atoms with Crippen LogP contribution in [0, 0.1) is 0 Å². The van der Waals surface area contributed by atoms with E-state index in [0.29, 0.717) is 30.9 Å². The standard InChI is InChI=1S/C13H17FN2O2/c1-18-12-5-3-2-4-11(12)15-13(17)9-16-7-6-10(14)8-16/h2-5,10H,6-9H2,1H3,(H,15,17). The lowest BCUT2D eigenvalue weighted by Gasteiger charge is -2.15. The molecule has 1 amide bonds. The number of alkyl halides is 1. The number of halogens is 1. The summed E-state index contributed by atoms with van der Waals surface area (Å²) in [5, 5.41) is 2.78. The fraction of sp³-hybridized carbons (Fsp3) is 0.462. The van der Waals surface area contributed by atoms with E-state index in [1.807, 2.05) is 17.0 Å². The van der Waals surface area contributed by atoms with Crippen LogP contribution in [-0.2, 0) is 4.79 Å². The molecule has 0 bridgehead atoms. The van der Waals surface area contributed by atoms with Gasteiger partial charge in [-0.05, 0) is 18.6 Å². The normalized spacial score (nSPS) is 19.8. The Hall–Kier alpha value is -1.62. The number of hydrogen-bond acceptors (Lipinski definition) is 3. The number of benzene rings is 1. The summed E-state index contributed by atoms with van der Waals surface area (Å²) in [7, 11) is 1.55. The van der Waals surface area contributed by atoms with Crippen LogP contribution in [0.15, 0.2) is 24.3 Å². The zero-order chi connectivity index (χ0) is 13.0. The van der Waals surface area contributed by atoms with E-state index in [0.717, 1.165) is 0 Å². The van der Waals surface area contributed by atoms with Gasteiger partial charge in [-0.2, -0.15) is 0 Å². The predicted octanol–water partition coefficient (Wildman–Crippen LogP) is 1.68. The molecule has 1 aromatic rings. The van der Waals surface area contributed by atoms with E-state index in [2.05, 4.69) is 5.32 Å². The van der Waals surface area contributed by atoms with Crippen molar-refractivity contribution in [3.8, 4) is 5.75 Å². The molecule has 0 radical (unpaired) electrons. The third-order valence-corrected chi connectivity index (χ3v) is 2.96. The van der Waals surface area contributed by atoms with E-state index in [1.165, 1.54) is 0 Å². The lowest BCUT2D eigenvalue weighted by Crippen LogP contribution is -2.31. The first kappa shape index (κ1) is 12.8. The topological polar surface area (TPSA) is 41.6 Å². The second-order valence-electron chi connectivity index (χ2n) is 4.37. The molecule has 2 rings (SSSR count). The van der Waals surface area contributed by atoms with Gasteiger partial charge in [-0.15, -0.1) is 0 Å². The van der Waals surface area contributed by atoms with Crippen molar-refractivity contribution in [1.82, 2.24) is 4.90 Å². The van der Waals surface area contributed by atoms with Crippen molar-refractivity contribution in [2.75, 3.05) is 32.1 Å². The van der Waals surface area contributed by atoms with Gasteiger partial charge in [0.2, 0.25) is 5.91 Å². The number of likely N-dealkylation sites (tertiary alicyclic amines) is 1. The Labute approximate surface area is 106 Å². The number of ether oxygens (including phenoxy) is 1. The molecule has 0 spiro atoms. The van der Waals surface area contributed by atoms with Crippen molar-refractivity contribution in [1.29, 1.82) is 0 Å². The quantitative estimate of drug-likeness (QED) is 0.886. The lowest BCUT2D eigenvalue weighted by molar-refractivity contribution is -0.117. The smallest absolute Gasteiger partial charge is 0.238 e. The Kier molecular flexibility index (Phi) is 4.15. The SMILES string of the molecule is COc1ccccc1NC(=O)CN1CCC(F)C1. The van der Waals surface area contributed by atoms with Crippen molar-refractivity contribution >= 4 is 11.6 Å². The molecular formula is C13H17FN2O2. The summed E-state index contributed by atoms with van der Waals surface area (Å²) in [5.74, 6) is 0.476. The maximum Gasteiger partial charge on any atom is 0.238 e. The van der Waals surface area contributed by atoms with Gasteiger partial charge in [-0.3, -0.25) is 9.69 Å². The van der Waals surface area contributed by atoms with Gasteiger partial charge >= 0.3 is 0 Å². The number of rotatable bonds is 4. The summed E-state index contributed by atoms with van der Waals surface area (Å²) in [4.78, 5) is 13.6. The third-order valence-electron chi connectivity index (χ3n) is 2.96. The lowest BCUT2D eigenvalue weighted by atomic mass is 10.3. The summed E-state index contributed by atoms with van der Waals surface area (Å²) < 4.78 is 18.1. The Morgan fingerprint density at radius 2 is 2.33 bits per heavy atom. The van der Waals surface area contributed by atoms with Crippen molar-refractivity contribution in [3.05, 3.63) is 24.3 Å². The number of carbonyl (C=O) groups is 1. The molecule has 1 aromatic carbocycles. The van der Waals surface area contributed by atoms with Gasteiger partial charge < -0.3 is 10.1 Å². The first-order valence-corrected chi connectivity index (χ1v) is 5.98. The minimum absolute atomic E-state index is 0.145. The van der Waals surface area contributed by atoms with Gasteiger partial charge in [0.1, 0.15) is 11.9 Å². The summed E-state index contributed by atoms with van der Waals surface area (Å²) >= 11 is 0. The van der Waals surface area contributed by atoms with Crippen LogP contribution in [-0.4, -0.2) is 43.7 Å². The molecule has 1 saturated heterocycles. The van der Waals surface area contributed by atoms with Gasteiger partial charge in [-0.1, -0.05) is 12.1 Å². The highest BCUT2D eigenvalue weighted by atomic mass is 19.1. The highest BCUT2D eigenvalue weighted by Gasteiger charge is 2.23. The molecule has 1 N–H and O–H groups in total. The number of para-hydroxylation sites is 2. The number of methoxy groups -OCH3 is 1. The molecule has 0 aliphatic carbocycles. The fourth-order valence-electron chi connectivity index (χ4n) is 2.07. The zero-order valence-electron chi connectivity index (χ0n) is 10.4. The molecular weight excluding hydrogens is 235 g/mol. The summed E-state index contributed by atoms with van der Waals surface area (Å²) in [6.45, 7) is 1.21. The Morgan fingerprint density at radius 3 is 3.00 bits per heavy atom.